The third-order valence-electron chi connectivity index (χ3n) is 1.96. The zero-order valence-corrected chi connectivity index (χ0v) is 11.8. The van der Waals surface area contributed by atoms with Gasteiger partial charge in [0, 0.05) is 13.3 Å². The first-order valence-corrected chi connectivity index (χ1v) is 6.20. The van der Waals surface area contributed by atoms with Crippen molar-refractivity contribution in [3.63, 3.8) is 0 Å². The van der Waals surface area contributed by atoms with Crippen LogP contribution in [0.1, 0.15) is 13.3 Å². The van der Waals surface area contributed by atoms with E-state index in [1.54, 1.807) is 12.2 Å². The molecule has 5 nitrogen and oxygen atoms in total. The minimum Gasteiger partial charge on any atom is -0.463 e. The van der Waals surface area contributed by atoms with E-state index < -0.39 is 28.1 Å². The highest BCUT2D eigenvalue weighted by Crippen LogP contribution is 2.29. The van der Waals surface area contributed by atoms with Crippen molar-refractivity contribution >= 4 is 46.7 Å². The van der Waals surface area contributed by atoms with E-state index in [-0.39, 0.29) is 6.61 Å². The summed E-state index contributed by atoms with van der Waals surface area (Å²) in [5.74, 6) is -0.914. The van der Waals surface area contributed by atoms with Crippen LogP contribution < -0.4 is 0 Å². The van der Waals surface area contributed by atoms with Crippen LogP contribution in [-0.4, -0.2) is 34.7 Å². The lowest BCUT2D eigenvalue weighted by atomic mass is 10.2. The average molecular weight is 317 g/mol. The number of carbonyl (C=O) groups excluding carboxylic acids is 1. The predicted octanol–water partition coefficient (Wildman–Crippen LogP) is 2.58. The average Bonchev–Trinajstić information content (AvgIpc) is 2.25. The van der Waals surface area contributed by atoms with E-state index >= 15 is 0 Å². The van der Waals surface area contributed by atoms with Crippen molar-refractivity contribution in [2.75, 3.05) is 6.61 Å². The fourth-order valence-electron chi connectivity index (χ4n) is 1.21. The van der Waals surface area contributed by atoms with Crippen LogP contribution in [0.15, 0.2) is 12.2 Å². The lowest BCUT2D eigenvalue weighted by Gasteiger charge is -2.27. The molecule has 0 saturated heterocycles. The van der Waals surface area contributed by atoms with E-state index in [4.69, 9.17) is 54.4 Å². The first kappa shape index (κ1) is 15.6. The van der Waals surface area contributed by atoms with E-state index in [1.165, 1.54) is 6.92 Å². The van der Waals surface area contributed by atoms with Crippen molar-refractivity contribution < 1.29 is 19.0 Å². The SMILES string of the molecule is CC(=O)OC[C@H]1C=CCC(OC(=N)C(Cl)(Cl)Cl)O1. The summed E-state index contributed by atoms with van der Waals surface area (Å²) in [7, 11) is 0. The van der Waals surface area contributed by atoms with E-state index in [0.29, 0.717) is 6.42 Å². The molecule has 0 aromatic heterocycles. The predicted molar refractivity (Wildman–Crippen MR) is 68.2 cm³/mol. The summed E-state index contributed by atoms with van der Waals surface area (Å²) in [4.78, 5) is 10.7. The molecule has 1 aliphatic heterocycles. The first-order chi connectivity index (χ1) is 8.29. The van der Waals surface area contributed by atoms with Crippen molar-refractivity contribution in [1.82, 2.24) is 0 Å². The van der Waals surface area contributed by atoms with Gasteiger partial charge in [0.1, 0.15) is 12.7 Å². The number of esters is 1. The van der Waals surface area contributed by atoms with E-state index in [2.05, 4.69) is 0 Å². The zero-order chi connectivity index (χ0) is 13.8. The number of halogens is 3. The Morgan fingerprint density at radius 3 is 2.78 bits per heavy atom. The molecule has 0 aromatic carbocycles. The molecule has 0 aliphatic carbocycles. The molecule has 1 aliphatic rings. The van der Waals surface area contributed by atoms with Crippen LogP contribution in [0.3, 0.4) is 0 Å². The monoisotopic (exact) mass is 315 g/mol. The number of carbonyl (C=O) groups is 1. The fourth-order valence-corrected chi connectivity index (χ4v) is 1.34. The second-order valence-corrected chi connectivity index (χ2v) is 5.80. The van der Waals surface area contributed by atoms with Gasteiger partial charge in [0.05, 0.1) is 0 Å². The highest BCUT2D eigenvalue weighted by atomic mass is 35.6. The number of alkyl halides is 3. The molecule has 0 amide bonds. The van der Waals surface area contributed by atoms with Crippen LogP contribution in [-0.2, 0) is 19.0 Å². The Bertz CT molecular complexity index is 354. The normalized spacial score (nSPS) is 23.6. The zero-order valence-electron chi connectivity index (χ0n) is 9.49. The summed E-state index contributed by atoms with van der Waals surface area (Å²) >= 11 is 16.4. The summed E-state index contributed by atoms with van der Waals surface area (Å²) < 4.78 is 13.3. The topological polar surface area (TPSA) is 68.6 Å². The molecule has 0 fully saturated rings. The van der Waals surface area contributed by atoms with Gasteiger partial charge in [-0.25, -0.2) is 0 Å². The van der Waals surface area contributed by atoms with Gasteiger partial charge in [0.15, 0.2) is 0 Å². The summed E-state index contributed by atoms with van der Waals surface area (Å²) in [5, 5.41) is 7.40. The molecule has 102 valence electrons. The minimum atomic E-state index is -1.92. The Balaban J connectivity index is 2.44. The molecule has 1 heterocycles. The summed E-state index contributed by atoms with van der Waals surface area (Å²) in [6.45, 7) is 1.38. The lowest BCUT2D eigenvalue weighted by Crippen LogP contribution is -2.34. The molecule has 0 aromatic rings. The van der Waals surface area contributed by atoms with Gasteiger partial charge >= 0.3 is 5.97 Å². The van der Waals surface area contributed by atoms with Crippen molar-refractivity contribution in [3.05, 3.63) is 12.2 Å². The van der Waals surface area contributed by atoms with Crippen LogP contribution in [0.4, 0.5) is 0 Å². The molecule has 0 bridgehead atoms. The summed E-state index contributed by atoms with van der Waals surface area (Å²) in [5.41, 5.74) is 0. The van der Waals surface area contributed by atoms with Crippen LogP contribution in [0, 0.1) is 5.41 Å². The van der Waals surface area contributed by atoms with Gasteiger partial charge in [-0.2, -0.15) is 0 Å². The summed E-state index contributed by atoms with van der Waals surface area (Å²) in [6.07, 6.45) is 2.77. The molecule has 0 saturated carbocycles. The highest BCUT2D eigenvalue weighted by molar-refractivity contribution is 6.76. The molecule has 18 heavy (non-hydrogen) atoms. The maximum atomic E-state index is 10.7. The minimum absolute atomic E-state index is 0.0762. The smallest absolute Gasteiger partial charge is 0.302 e. The van der Waals surface area contributed by atoms with Crippen LogP contribution in [0.5, 0.6) is 0 Å². The quantitative estimate of drug-likeness (QED) is 0.286. The van der Waals surface area contributed by atoms with Crippen molar-refractivity contribution in [3.8, 4) is 0 Å². The Hall–Kier alpha value is -0.490. The number of hydrogen-bond acceptors (Lipinski definition) is 5. The molecule has 2 atom stereocenters. The van der Waals surface area contributed by atoms with Crippen molar-refractivity contribution in [2.24, 2.45) is 0 Å². The van der Waals surface area contributed by atoms with E-state index in [0.717, 1.165) is 0 Å². The molecule has 1 rings (SSSR count). The molecular formula is C10H12Cl3NO4. The molecule has 8 heteroatoms. The number of ether oxygens (including phenoxy) is 3. The second-order valence-electron chi connectivity index (χ2n) is 3.52. The Labute approximate surface area is 119 Å². The molecule has 0 spiro atoms. The standard InChI is InChI=1S/C10H12Cl3NO4/c1-6(15)16-5-7-3-2-4-8(17-7)18-9(14)10(11,12)13/h2-3,7-8,14H,4-5H2,1H3/t7-,8?/m1/s1. The lowest BCUT2D eigenvalue weighted by molar-refractivity contribution is -0.156. The second kappa shape index (κ2) is 6.61. The maximum absolute atomic E-state index is 10.7. The van der Waals surface area contributed by atoms with Gasteiger partial charge in [0.25, 0.3) is 3.79 Å². The molecule has 1 unspecified atom stereocenters. The van der Waals surface area contributed by atoms with Gasteiger partial charge in [-0.05, 0) is 0 Å². The summed E-state index contributed by atoms with van der Waals surface area (Å²) in [6, 6.07) is 0. The number of nitrogens with one attached hydrogen (secondary N) is 1. The van der Waals surface area contributed by atoms with Crippen LogP contribution in [0.25, 0.3) is 0 Å². The number of rotatable bonds is 3. The Morgan fingerprint density at radius 2 is 2.22 bits per heavy atom. The third kappa shape index (κ3) is 5.44. The molecule has 1 N–H and O–H groups in total. The Morgan fingerprint density at radius 1 is 1.56 bits per heavy atom. The van der Waals surface area contributed by atoms with Crippen LogP contribution in [0.2, 0.25) is 0 Å². The fraction of sp³-hybridized carbons (Fsp3) is 0.600. The van der Waals surface area contributed by atoms with E-state index in [1.807, 2.05) is 0 Å². The van der Waals surface area contributed by atoms with Gasteiger partial charge in [-0.1, -0.05) is 47.0 Å². The third-order valence-corrected chi connectivity index (χ3v) is 2.48. The maximum Gasteiger partial charge on any atom is 0.302 e. The van der Waals surface area contributed by atoms with Crippen molar-refractivity contribution in [2.45, 2.75) is 29.5 Å². The molecule has 0 radical (unpaired) electrons. The van der Waals surface area contributed by atoms with Gasteiger partial charge < -0.3 is 14.2 Å². The molecular weight excluding hydrogens is 304 g/mol. The first-order valence-electron chi connectivity index (χ1n) is 5.07. The van der Waals surface area contributed by atoms with Crippen LogP contribution >= 0.6 is 34.8 Å². The largest absolute Gasteiger partial charge is 0.463 e. The number of hydrogen-bond donors (Lipinski definition) is 1. The van der Waals surface area contributed by atoms with Crippen molar-refractivity contribution in [1.29, 1.82) is 5.41 Å². The van der Waals surface area contributed by atoms with E-state index in [9.17, 15) is 4.79 Å². The van der Waals surface area contributed by atoms with Gasteiger partial charge in [-0.3, -0.25) is 10.2 Å². The Kier molecular flexibility index (Phi) is 5.72. The highest BCUT2D eigenvalue weighted by Gasteiger charge is 2.32. The van der Waals surface area contributed by atoms with Gasteiger partial charge in [0.2, 0.25) is 12.2 Å². The van der Waals surface area contributed by atoms with Gasteiger partial charge in [-0.15, -0.1) is 0 Å².